The van der Waals surface area contributed by atoms with Crippen LogP contribution in [0.2, 0.25) is 0 Å². The summed E-state index contributed by atoms with van der Waals surface area (Å²) in [6.45, 7) is 3.11. The smallest absolute Gasteiger partial charge is 0.407 e. The Morgan fingerprint density at radius 2 is 2.30 bits per heavy atom. The predicted octanol–water partition coefficient (Wildman–Crippen LogP) is -0.0566. The highest BCUT2D eigenvalue weighted by molar-refractivity contribution is 5.66. The van der Waals surface area contributed by atoms with Crippen molar-refractivity contribution in [3.8, 4) is 0 Å². The summed E-state index contributed by atoms with van der Waals surface area (Å²) in [7, 11) is 0. The number of hydrogen-bond donors (Lipinski definition) is 2. The topological polar surface area (TPSA) is 66.6 Å². The van der Waals surface area contributed by atoms with E-state index >= 15 is 0 Å². The van der Waals surface area contributed by atoms with Crippen molar-refractivity contribution in [2.75, 3.05) is 13.1 Å². The molecule has 4 heteroatoms. The van der Waals surface area contributed by atoms with Crippen molar-refractivity contribution >= 4 is 6.09 Å². The first-order valence-electron chi connectivity index (χ1n) is 3.34. The minimum Gasteiger partial charge on any atom is -0.465 e. The Morgan fingerprint density at radius 1 is 1.80 bits per heavy atom. The average Bonchev–Trinajstić information content (AvgIpc) is 1.56. The van der Waals surface area contributed by atoms with Crippen LogP contribution in [0.1, 0.15) is 6.92 Å². The molecular weight excluding hydrogens is 132 g/mol. The third kappa shape index (κ3) is 1.21. The number of nitrogens with zero attached hydrogens (tertiary/aromatic N) is 1. The monoisotopic (exact) mass is 144 g/mol. The number of likely N-dealkylation sites (tertiary alicyclic amines) is 1. The second-order valence-corrected chi connectivity index (χ2v) is 2.81. The zero-order valence-corrected chi connectivity index (χ0v) is 5.95. The maximum Gasteiger partial charge on any atom is 0.407 e. The van der Waals surface area contributed by atoms with E-state index in [-0.39, 0.29) is 6.04 Å². The zero-order valence-electron chi connectivity index (χ0n) is 5.95. The van der Waals surface area contributed by atoms with Crippen molar-refractivity contribution in [3.05, 3.63) is 0 Å². The molecule has 1 aliphatic heterocycles. The lowest BCUT2D eigenvalue weighted by Crippen LogP contribution is -2.55. The van der Waals surface area contributed by atoms with Crippen LogP contribution in [0, 0.1) is 5.92 Å². The number of amides is 1. The third-order valence-corrected chi connectivity index (χ3v) is 1.92. The average molecular weight is 144 g/mol. The van der Waals surface area contributed by atoms with Gasteiger partial charge in [0.25, 0.3) is 0 Å². The van der Waals surface area contributed by atoms with Crippen LogP contribution in [0.3, 0.4) is 0 Å². The van der Waals surface area contributed by atoms with E-state index in [0.717, 1.165) is 0 Å². The van der Waals surface area contributed by atoms with E-state index < -0.39 is 6.09 Å². The molecule has 1 amide bonds. The van der Waals surface area contributed by atoms with Crippen LogP contribution < -0.4 is 5.73 Å². The van der Waals surface area contributed by atoms with Crippen LogP contribution in [0.4, 0.5) is 4.79 Å². The molecule has 1 atom stereocenters. The molecule has 1 saturated heterocycles. The fourth-order valence-corrected chi connectivity index (χ4v) is 1.00. The summed E-state index contributed by atoms with van der Waals surface area (Å²) in [4.78, 5) is 11.6. The van der Waals surface area contributed by atoms with Gasteiger partial charge in [-0.1, -0.05) is 0 Å². The predicted molar refractivity (Wildman–Crippen MR) is 36.7 cm³/mol. The van der Waals surface area contributed by atoms with E-state index in [1.54, 1.807) is 0 Å². The van der Waals surface area contributed by atoms with Crippen molar-refractivity contribution in [2.24, 2.45) is 11.7 Å². The lowest BCUT2D eigenvalue weighted by atomic mass is 9.94. The molecule has 4 nitrogen and oxygen atoms in total. The van der Waals surface area contributed by atoms with E-state index in [1.165, 1.54) is 4.90 Å². The van der Waals surface area contributed by atoms with Gasteiger partial charge in [-0.05, 0) is 6.92 Å². The Kier molecular flexibility index (Phi) is 1.80. The molecule has 1 fully saturated rings. The molecule has 0 bridgehead atoms. The molecule has 0 aromatic heterocycles. The van der Waals surface area contributed by atoms with Crippen LogP contribution in [0.25, 0.3) is 0 Å². The van der Waals surface area contributed by atoms with Crippen molar-refractivity contribution in [2.45, 2.75) is 13.0 Å². The number of carboxylic acid groups (broad SMARTS) is 1. The molecule has 0 spiro atoms. The summed E-state index contributed by atoms with van der Waals surface area (Å²) in [6.07, 6.45) is -0.836. The Balaban J connectivity index is 2.24. The highest BCUT2D eigenvalue weighted by atomic mass is 16.4. The zero-order chi connectivity index (χ0) is 7.72. The molecule has 1 rings (SSSR count). The van der Waals surface area contributed by atoms with Gasteiger partial charge >= 0.3 is 6.09 Å². The SMILES string of the molecule is CC(N)C1CN(C(=O)O)C1. The van der Waals surface area contributed by atoms with E-state index in [1.807, 2.05) is 6.92 Å². The van der Waals surface area contributed by atoms with Crippen LogP contribution >= 0.6 is 0 Å². The van der Waals surface area contributed by atoms with Crippen LogP contribution in [-0.4, -0.2) is 35.2 Å². The van der Waals surface area contributed by atoms with Crippen molar-refractivity contribution < 1.29 is 9.90 Å². The highest BCUT2D eigenvalue weighted by Crippen LogP contribution is 2.17. The van der Waals surface area contributed by atoms with Gasteiger partial charge in [0.15, 0.2) is 0 Å². The minimum atomic E-state index is -0.836. The molecule has 1 aliphatic rings. The maximum absolute atomic E-state index is 10.2. The molecule has 58 valence electrons. The Bertz CT molecular complexity index is 141. The van der Waals surface area contributed by atoms with Gasteiger partial charge < -0.3 is 15.7 Å². The van der Waals surface area contributed by atoms with Gasteiger partial charge in [0.1, 0.15) is 0 Å². The van der Waals surface area contributed by atoms with Gasteiger partial charge in [-0.2, -0.15) is 0 Å². The first-order valence-corrected chi connectivity index (χ1v) is 3.34. The van der Waals surface area contributed by atoms with Crippen LogP contribution in [0.15, 0.2) is 0 Å². The van der Waals surface area contributed by atoms with Gasteiger partial charge in [-0.15, -0.1) is 0 Å². The standard InChI is InChI=1S/C6H12N2O2/c1-4(7)5-2-8(3-5)6(9)10/h4-5H,2-3,7H2,1H3,(H,9,10). The number of rotatable bonds is 1. The van der Waals surface area contributed by atoms with Crippen LogP contribution in [0.5, 0.6) is 0 Å². The second-order valence-electron chi connectivity index (χ2n) is 2.81. The number of hydrogen-bond acceptors (Lipinski definition) is 2. The van der Waals surface area contributed by atoms with Crippen molar-refractivity contribution in [3.63, 3.8) is 0 Å². The second kappa shape index (κ2) is 2.46. The Labute approximate surface area is 59.6 Å². The first-order chi connectivity index (χ1) is 4.61. The summed E-state index contributed by atoms with van der Waals surface area (Å²) in [5.41, 5.74) is 5.54. The van der Waals surface area contributed by atoms with Gasteiger partial charge in [-0.25, -0.2) is 4.79 Å². The van der Waals surface area contributed by atoms with E-state index in [9.17, 15) is 4.79 Å². The largest absolute Gasteiger partial charge is 0.465 e. The van der Waals surface area contributed by atoms with Crippen molar-refractivity contribution in [1.82, 2.24) is 4.90 Å². The molecule has 10 heavy (non-hydrogen) atoms. The van der Waals surface area contributed by atoms with Gasteiger partial charge in [0.2, 0.25) is 0 Å². The molecule has 0 saturated carbocycles. The molecule has 0 aromatic carbocycles. The fourth-order valence-electron chi connectivity index (χ4n) is 1.00. The molecule has 0 radical (unpaired) electrons. The summed E-state index contributed by atoms with van der Waals surface area (Å²) in [6, 6.07) is 0.121. The molecule has 0 aliphatic carbocycles. The summed E-state index contributed by atoms with van der Waals surface area (Å²) in [5.74, 6) is 0.371. The summed E-state index contributed by atoms with van der Waals surface area (Å²) >= 11 is 0. The van der Waals surface area contributed by atoms with Crippen LogP contribution in [-0.2, 0) is 0 Å². The van der Waals surface area contributed by atoms with Gasteiger partial charge in [0.05, 0.1) is 0 Å². The molecule has 0 aromatic rings. The maximum atomic E-state index is 10.2. The normalized spacial score (nSPS) is 22.0. The summed E-state index contributed by atoms with van der Waals surface area (Å²) in [5, 5.41) is 8.42. The molecular formula is C6H12N2O2. The Hall–Kier alpha value is -0.770. The van der Waals surface area contributed by atoms with E-state index in [2.05, 4.69) is 0 Å². The van der Waals surface area contributed by atoms with E-state index in [0.29, 0.717) is 19.0 Å². The molecule has 1 heterocycles. The third-order valence-electron chi connectivity index (χ3n) is 1.92. The van der Waals surface area contributed by atoms with Gasteiger partial charge in [0, 0.05) is 25.0 Å². The molecule has 1 unspecified atom stereocenters. The number of carbonyl (C=O) groups is 1. The minimum absolute atomic E-state index is 0.121. The highest BCUT2D eigenvalue weighted by Gasteiger charge is 2.32. The molecule has 3 N–H and O–H groups in total. The summed E-state index contributed by atoms with van der Waals surface area (Å²) < 4.78 is 0. The van der Waals surface area contributed by atoms with E-state index in [4.69, 9.17) is 10.8 Å². The Morgan fingerprint density at radius 3 is 2.60 bits per heavy atom. The number of nitrogens with two attached hydrogens (primary N) is 1. The quantitative estimate of drug-likeness (QED) is 0.542. The first kappa shape index (κ1) is 7.34. The lowest BCUT2D eigenvalue weighted by molar-refractivity contribution is 0.0737. The lowest BCUT2D eigenvalue weighted by Gasteiger charge is -2.39. The van der Waals surface area contributed by atoms with Crippen molar-refractivity contribution in [1.29, 1.82) is 0 Å². The fraction of sp³-hybridized carbons (Fsp3) is 0.833. The van der Waals surface area contributed by atoms with Gasteiger partial charge in [-0.3, -0.25) is 0 Å².